The molecular formula is C12H20O. The lowest BCUT2D eigenvalue weighted by atomic mass is 9.84. The van der Waals surface area contributed by atoms with E-state index in [-0.39, 0.29) is 0 Å². The molecule has 74 valence electrons. The highest BCUT2D eigenvalue weighted by atomic mass is 16.1. The molecule has 0 radical (unpaired) electrons. The highest BCUT2D eigenvalue weighted by molar-refractivity contribution is 5.81. The van der Waals surface area contributed by atoms with E-state index in [4.69, 9.17) is 0 Å². The van der Waals surface area contributed by atoms with E-state index < -0.39 is 0 Å². The number of Topliss-reactive ketones (excluding diaryl/α,β-unsaturated/α-hetero) is 1. The standard InChI is InChI=1S/C12H20O/c13-12(9-8-10-6-7-10)11-4-2-1-3-5-11/h10-11H,1-9H2. The average molecular weight is 180 g/mol. The predicted octanol–water partition coefficient (Wildman–Crippen LogP) is 3.33. The van der Waals surface area contributed by atoms with Gasteiger partial charge >= 0.3 is 0 Å². The van der Waals surface area contributed by atoms with Crippen molar-refractivity contribution in [3.05, 3.63) is 0 Å². The predicted molar refractivity (Wildman–Crippen MR) is 53.5 cm³/mol. The van der Waals surface area contributed by atoms with Crippen molar-refractivity contribution in [2.24, 2.45) is 11.8 Å². The summed E-state index contributed by atoms with van der Waals surface area (Å²) >= 11 is 0. The molecule has 0 aliphatic heterocycles. The SMILES string of the molecule is O=C(CCC1CC1)C1CCCCC1. The van der Waals surface area contributed by atoms with Crippen LogP contribution in [0.2, 0.25) is 0 Å². The summed E-state index contributed by atoms with van der Waals surface area (Å²) in [7, 11) is 0. The minimum Gasteiger partial charge on any atom is -0.299 e. The van der Waals surface area contributed by atoms with Gasteiger partial charge < -0.3 is 0 Å². The molecule has 2 aliphatic carbocycles. The van der Waals surface area contributed by atoms with Crippen molar-refractivity contribution in [1.29, 1.82) is 0 Å². The summed E-state index contributed by atoms with van der Waals surface area (Å²) in [5.41, 5.74) is 0. The molecule has 0 unspecified atom stereocenters. The van der Waals surface area contributed by atoms with Crippen LogP contribution in [0.1, 0.15) is 57.8 Å². The molecular weight excluding hydrogens is 160 g/mol. The highest BCUT2D eigenvalue weighted by Gasteiger charge is 2.25. The van der Waals surface area contributed by atoms with Crippen LogP contribution in [0.3, 0.4) is 0 Å². The maximum atomic E-state index is 11.7. The fourth-order valence-corrected chi connectivity index (χ4v) is 2.38. The van der Waals surface area contributed by atoms with Crippen molar-refractivity contribution >= 4 is 5.78 Å². The van der Waals surface area contributed by atoms with Gasteiger partial charge in [0.05, 0.1) is 0 Å². The third-order valence-corrected chi connectivity index (χ3v) is 3.56. The molecule has 0 aromatic heterocycles. The fourth-order valence-electron chi connectivity index (χ4n) is 2.38. The molecule has 2 rings (SSSR count). The first-order valence-electron chi connectivity index (χ1n) is 5.89. The van der Waals surface area contributed by atoms with Gasteiger partial charge in [-0.1, -0.05) is 32.1 Å². The number of carbonyl (C=O) groups is 1. The molecule has 1 heteroatoms. The zero-order valence-corrected chi connectivity index (χ0v) is 8.43. The second kappa shape index (κ2) is 4.26. The largest absolute Gasteiger partial charge is 0.299 e. The van der Waals surface area contributed by atoms with Gasteiger partial charge in [-0.05, 0) is 25.2 Å². The van der Waals surface area contributed by atoms with Crippen LogP contribution >= 0.6 is 0 Å². The molecule has 0 aromatic rings. The lowest BCUT2D eigenvalue weighted by molar-refractivity contribution is -0.123. The van der Waals surface area contributed by atoms with Gasteiger partial charge in [-0.25, -0.2) is 0 Å². The Morgan fingerprint density at radius 3 is 2.31 bits per heavy atom. The summed E-state index contributed by atoms with van der Waals surface area (Å²) in [4.78, 5) is 11.7. The monoisotopic (exact) mass is 180 g/mol. The molecule has 0 amide bonds. The second-order valence-corrected chi connectivity index (χ2v) is 4.78. The van der Waals surface area contributed by atoms with Crippen molar-refractivity contribution in [2.75, 3.05) is 0 Å². The van der Waals surface area contributed by atoms with Crippen molar-refractivity contribution < 1.29 is 4.79 Å². The number of hydrogen-bond donors (Lipinski definition) is 0. The number of carbonyl (C=O) groups excluding carboxylic acids is 1. The maximum Gasteiger partial charge on any atom is 0.135 e. The Kier molecular flexibility index (Phi) is 3.02. The third-order valence-electron chi connectivity index (χ3n) is 3.56. The average Bonchev–Trinajstić information content (AvgIpc) is 2.99. The van der Waals surface area contributed by atoms with E-state index >= 15 is 0 Å². The van der Waals surface area contributed by atoms with Crippen LogP contribution in [-0.2, 0) is 4.79 Å². The maximum absolute atomic E-state index is 11.7. The van der Waals surface area contributed by atoms with Gasteiger partial charge in [-0.2, -0.15) is 0 Å². The van der Waals surface area contributed by atoms with Crippen LogP contribution < -0.4 is 0 Å². The molecule has 13 heavy (non-hydrogen) atoms. The zero-order chi connectivity index (χ0) is 9.10. The molecule has 0 heterocycles. The minimum absolute atomic E-state index is 0.451. The number of ketones is 1. The molecule has 0 atom stereocenters. The van der Waals surface area contributed by atoms with E-state index in [1.165, 1.54) is 51.4 Å². The normalized spacial score (nSPS) is 24.6. The summed E-state index contributed by atoms with van der Waals surface area (Å²) in [6.45, 7) is 0. The highest BCUT2D eigenvalue weighted by Crippen LogP contribution is 2.35. The van der Waals surface area contributed by atoms with E-state index in [0.717, 1.165) is 12.3 Å². The molecule has 2 saturated carbocycles. The molecule has 0 spiro atoms. The quantitative estimate of drug-likeness (QED) is 0.648. The lowest BCUT2D eigenvalue weighted by Crippen LogP contribution is -2.17. The van der Waals surface area contributed by atoms with Crippen LogP contribution in [0.4, 0.5) is 0 Å². The van der Waals surface area contributed by atoms with Gasteiger partial charge in [-0.15, -0.1) is 0 Å². The Morgan fingerprint density at radius 1 is 1.00 bits per heavy atom. The Bertz CT molecular complexity index is 176. The first kappa shape index (κ1) is 9.23. The smallest absolute Gasteiger partial charge is 0.135 e. The fraction of sp³-hybridized carbons (Fsp3) is 0.917. The summed E-state index contributed by atoms with van der Waals surface area (Å²) in [6.07, 6.45) is 11.2. The Balaban J connectivity index is 1.67. The van der Waals surface area contributed by atoms with E-state index in [2.05, 4.69) is 0 Å². The number of hydrogen-bond acceptors (Lipinski definition) is 1. The summed E-state index contributed by atoms with van der Waals surface area (Å²) in [5, 5.41) is 0. The van der Waals surface area contributed by atoms with Gasteiger partial charge in [0.2, 0.25) is 0 Å². The molecule has 0 bridgehead atoms. The van der Waals surface area contributed by atoms with Gasteiger partial charge in [-0.3, -0.25) is 4.79 Å². The van der Waals surface area contributed by atoms with Crippen LogP contribution in [0.15, 0.2) is 0 Å². The second-order valence-electron chi connectivity index (χ2n) is 4.78. The molecule has 0 aromatic carbocycles. The molecule has 2 aliphatic rings. The van der Waals surface area contributed by atoms with Crippen molar-refractivity contribution in [3.63, 3.8) is 0 Å². The third kappa shape index (κ3) is 2.82. The van der Waals surface area contributed by atoms with Crippen LogP contribution in [0.5, 0.6) is 0 Å². The first-order valence-corrected chi connectivity index (χ1v) is 5.89. The van der Waals surface area contributed by atoms with Crippen molar-refractivity contribution in [1.82, 2.24) is 0 Å². The van der Waals surface area contributed by atoms with Gasteiger partial charge in [0.15, 0.2) is 0 Å². The summed E-state index contributed by atoms with van der Waals surface area (Å²) in [6, 6.07) is 0. The van der Waals surface area contributed by atoms with Crippen LogP contribution in [0, 0.1) is 11.8 Å². The van der Waals surface area contributed by atoms with Crippen molar-refractivity contribution in [2.45, 2.75) is 57.8 Å². The number of rotatable bonds is 4. The minimum atomic E-state index is 0.451. The van der Waals surface area contributed by atoms with E-state index in [1.54, 1.807) is 0 Å². The zero-order valence-electron chi connectivity index (χ0n) is 8.43. The topological polar surface area (TPSA) is 17.1 Å². The summed E-state index contributed by atoms with van der Waals surface area (Å²) in [5.74, 6) is 1.95. The van der Waals surface area contributed by atoms with Crippen molar-refractivity contribution in [3.8, 4) is 0 Å². The van der Waals surface area contributed by atoms with E-state index in [0.29, 0.717) is 11.7 Å². The Morgan fingerprint density at radius 2 is 1.69 bits per heavy atom. The Labute approximate surface area is 80.9 Å². The Hall–Kier alpha value is -0.330. The van der Waals surface area contributed by atoms with Gasteiger partial charge in [0.25, 0.3) is 0 Å². The molecule has 1 nitrogen and oxygen atoms in total. The van der Waals surface area contributed by atoms with Crippen LogP contribution in [-0.4, -0.2) is 5.78 Å². The van der Waals surface area contributed by atoms with Gasteiger partial charge in [0.1, 0.15) is 5.78 Å². The molecule has 0 N–H and O–H groups in total. The van der Waals surface area contributed by atoms with E-state index in [9.17, 15) is 4.79 Å². The van der Waals surface area contributed by atoms with Crippen LogP contribution in [0.25, 0.3) is 0 Å². The van der Waals surface area contributed by atoms with Gasteiger partial charge in [0, 0.05) is 12.3 Å². The first-order chi connectivity index (χ1) is 6.36. The molecule has 2 fully saturated rings. The lowest BCUT2D eigenvalue weighted by Gasteiger charge is -2.20. The molecule has 0 saturated heterocycles. The van der Waals surface area contributed by atoms with E-state index in [1.807, 2.05) is 0 Å². The summed E-state index contributed by atoms with van der Waals surface area (Å²) < 4.78 is 0.